The van der Waals surface area contributed by atoms with Crippen LogP contribution in [0.25, 0.3) is 0 Å². The average molecular weight is 456 g/mol. The summed E-state index contributed by atoms with van der Waals surface area (Å²) in [6, 6.07) is 7.98. The molecule has 2 amide bonds. The van der Waals surface area contributed by atoms with E-state index in [2.05, 4.69) is 10.5 Å². The third-order valence-corrected chi connectivity index (χ3v) is 6.06. The molecule has 2 heterocycles. The minimum Gasteiger partial charge on any atom is -0.508 e. The first-order valence-electron chi connectivity index (χ1n) is 11.4. The standard InChI is InChI=1S/C24H29N3O6/c1-2-32-24(31)17-11-18(25-23(30)20-12-21(33-26-20)16-6-7-16)14-27(13-17)22(29)10-5-15-3-8-19(28)9-4-15/h3-4,8-9,12,16-18,28H,2,5-7,10-11,13-14H2,1H3,(H,25,30). The van der Waals surface area contributed by atoms with Gasteiger partial charge in [0, 0.05) is 37.5 Å². The molecule has 0 bridgehead atoms. The summed E-state index contributed by atoms with van der Waals surface area (Å²) < 4.78 is 10.4. The summed E-state index contributed by atoms with van der Waals surface area (Å²) in [6.45, 7) is 2.56. The number of hydrogen-bond donors (Lipinski definition) is 2. The molecule has 2 aromatic rings. The van der Waals surface area contributed by atoms with E-state index in [1.807, 2.05) is 0 Å². The molecule has 1 aromatic carbocycles. The number of hydrogen-bond acceptors (Lipinski definition) is 7. The Hall–Kier alpha value is -3.36. The number of rotatable bonds is 8. The van der Waals surface area contributed by atoms with Crippen LogP contribution in [0, 0.1) is 5.92 Å². The predicted octanol–water partition coefficient (Wildman–Crippen LogP) is 2.40. The predicted molar refractivity (Wildman–Crippen MR) is 117 cm³/mol. The van der Waals surface area contributed by atoms with Gasteiger partial charge in [-0.1, -0.05) is 17.3 Å². The van der Waals surface area contributed by atoms with Crippen molar-refractivity contribution in [2.75, 3.05) is 19.7 Å². The first kappa shape index (κ1) is 22.8. The van der Waals surface area contributed by atoms with E-state index in [1.54, 1.807) is 42.2 Å². The van der Waals surface area contributed by atoms with Crippen LogP contribution < -0.4 is 5.32 Å². The van der Waals surface area contributed by atoms with Gasteiger partial charge in [0.05, 0.1) is 12.5 Å². The molecule has 1 aliphatic carbocycles. The molecule has 2 atom stereocenters. The molecular formula is C24H29N3O6. The number of nitrogens with one attached hydrogen (secondary N) is 1. The van der Waals surface area contributed by atoms with Crippen LogP contribution in [0.4, 0.5) is 0 Å². The number of amides is 2. The number of carbonyl (C=O) groups excluding carboxylic acids is 3. The number of phenols is 1. The Balaban J connectivity index is 1.39. The summed E-state index contributed by atoms with van der Waals surface area (Å²) in [5.74, 6) is -0.118. The minimum absolute atomic E-state index is 0.103. The van der Waals surface area contributed by atoms with Gasteiger partial charge in [-0.3, -0.25) is 14.4 Å². The van der Waals surface area contributed by atoms with Crippen LogP contribution in [0.2, 0.25) is 0 Å². The van der Waals surface area contributed by atoms with Gasteiger partial charge in [-0.25, -0.2) is 0 Å². The number of likely N-dealkylation sites (tertiary alicyclic amines) is 1. The lowest BCUT2D eigenvalue weighted by Gasteiger charge is -2.37. The Labute approximate surface area is 192 Å². The number of aromatic hydroxyl groups is 1. The summed E-state index contributed by atoms with van der Waals surface area (Å²) >= 11 is 0. The minimum atomic E-state index is -0.513. The van der Waals surface area contributed by atoms with Gasteiger partial charge in [0.25, 0.3) is 5.91 Å². The number of carbonyl (C=O) groups is 3. The Morgan fingerprint density at radius 1 is 1.21 bits per heavy atom. The van der Waals surface area contributed by atoms with Gasteiger partial charge < -0.3 is 24.6 Å². The highest BCUT2D eigenvalue weighted by Crippen LogP contribution is 2.40. The number of benzene rings is 1. The summed E-state index contributed by atoms with van der Waals surface area (Å²) in [5.41, 5.74) is 1.14. The van der Waals surface area contributed by atoms with Crippen molar-refractivity contribution in [1.82, 2.24) is 15.4 Å². The number of phenolic OH excluding ortho intramolecular Hbond substituents is 1. The van der Waals surface area contributed by atoms with E-state index < -0.39 is 12.0 Å². The van der Waals surface area contributed by atoms with E-state index >= 15 is 0 Å². The van der Waals surface area contributed by atoms with Crippen LogP contribution in [-0.2, 0) is 20.7 Å². The van der Waals surface area contributed by atoms with Crippen LogP contribution in [0.1, 0.15) is 60.3 Å². The second kappa shape index (κ2) is 10.1. The normalized spacial score (nSPS) is 20.3. The maximum atomic E-state index is 12.9. The molecule has 0 radical (unpaired) electrons. The fourth-order valence-corrected chi connectivity index (χ4v) is 4.13. The molecule has 1 saturated heterocycles. The van der Waals surface area contributed by atoms with Crippen molar-refractivity contribution in [2.24, 2.45) is 5.92 Å². The summed E-state index contributed by atoms with van der Waals surface area (Å²) in [7, 11) is 0. The Morgan fingerprint density at radius 3 is 2.67 bits per heavy atom. The summed E-state index contributed by atoms with van der Waals surface area (Å²) in [4.78, 5) is 39.7. The van der Waals surface area contributed by atoms with Crippen LogP contribution >= 0.6 is 0 Å². The smallest absolute Gasteiger partial charge is 0.310 e. The van der Waals surface area contributed by atoms with Gasteiger partial charge in [0.15, 0.2) is 5.69 Å². The highest BCUT2D eigenvalue weighted by Gasteiger charge is 2.36. The van der Waals surface area contributed by atoms with Crippen molar-refractivity contribution < 1.29 is 28.8 Å². The Morgan fingerprint density at radius 2 is 1.97 bits per heavy atom. The van der Waals surface area contributed by atoms with E-state index in [4.69, 9.17) is 9.26 Å². The van der Waals surface area contributed by atoms with E-state index in [9.17, 15) is 19.5 Å². The molecule has 9 nitrogen and oxygen atoms in total. The average Bonchev–Trinajstić information content (AvgIpc) is 3.54. The molecule has 9 heteroatoms. The zero-order valence-electron chi connectivity index (χ0n) is 18.7. The number of aryl methyl sites for hydroxylation is 1. The zero-order valence-corrected chi connectivity index (χ0v) is 18.7. The van der Waals surface area contributed by atoms with Crippen LogP contribution in [0.5, 0.6) is 5.75 Å². The highest BCUT2D eigenvalue weighted by molar-refractivity contribution is 5.92. The molecule has 2 aliphatic rings. The molecule has 2 unspecified atom stereocenters. The third kappa shape index (κ3) is 5.91. The number of ether oxygens (including phenoxy) is 1. The second-order valence-corrected chi connectivity index (χ2v) is 8.71. The van der Waals surface area contributed by atoms with Crippen LogP contribution in [-0.4, -0.2) is 58.7 Å². The van der Waals surface area contributed by atoms with Crippen molar-refractivity contribution in [1.29, 1.82) is 0 Å². The third-order valence-electron chi connectivity index (χ3n) is 6.06. The van der Waals surface area contributed by atoms with Crippen LogP contribution in [0.15, 0.2) is 34.9 Å². The van der Waals surface area contributed by atoms with E-state index in [0.29, 0.717) is 25.3 Å². The van der Waals surface area contributed by atoms with Crippen molar-refractivity contribution in [2.45, 2.75) is 51.0 Å². The Kier molecular flexibility index (Phi) is 6.96. The van der Waals surface area contributed by atoms with E-state index in [-0.39, 0.29) is 48.8 Å². The summed E-state index contributed by atoms with van der Waals surface area (Å²) in [6.07, 6.45) is 3.25. The second-order valence-electron chi connectivity index (χ2n) is 8.71. The topological polar surface area (TPSA) is 122 Å². The van der Waals surface area contributed by atoms with Gasteiger partial charge in [-0.2, -0.15) is 0 Å². The van der Waals surface area contributed by atoms with Gasteiger partial charge in [0.1, 0.15) is 11.5 Å². The fraction of sp³-hybridized carbons (Fsp3) is 0.500. The lowest BCUT2D eigenvalue weighted by Crippen LogP contribution is -2.54. The van der Waals surface area contributed by atoms with Crippen molar-refractivity contribution in [3.63, 3.8) is 0 Å². The molecule has 1 aromatic heterocycles. The molecule has 4 rings (SSSR count). The van der Waals surface area contributed by atoms with Crippen molar-refractivity contribution >= 4 is 17.8 Å². The molecule has 2 fully saturated rings. The SMILES string of the molecule is CCOC(=O)C1CC(NC(=O)c2cc(C3CC3)on2)CN(C(=O)CCc2ccc(O)cc2)C1. The molecule has 1 aliphatic heterocycles. The van der Waals surface area contributed by atoms with Gasteiger partial charge in [0.2, 0.25) is 5.91 Å². The molecule has 2 N–H and O–H groups in total. The monoisotopic (exact) mass is 455 g/mol. The fourth-order valence-electron chi connectivity index (χ4n) is 4.13. The lowest BCUT2D eigenvalue weighted by atomic mass is 9.93. The highest BCUT2D eigenvalue weighted by atomic mass is 16.5. The van der Waals surface area contributed by atoms with Gasteiger partial charge in [-0.15, -0.1) is 0 Å². The maximum Gasteiger partial charge on any atom is 0.310 e. The maximum absolute atomic E-state index is 12.9. The van der Waals surface area contributed by atoms with Gasteiger partial charge in [-0.05, 0) is 50.3 Å². The number of aromatic nitrogens is 1. The quantitative estimate of drug-likeness (QED) is 0.586. The van der Waals surface area contributed by atoms with Gasteiger partial charge >= 0.3 is 5.97 Å². The molecule has 1 saturated carbocycles. The van der Waals surface area contributed by atoms with E-state index in [0.717, 1.165) is 24.2 Å². The first-order valence-corrected chi connectivity index (χ1v) is 11.4. The molecule has 0 spiro atoms. The first-order chi connectivity index (χ1) is 15.9. The van der Waals surface area contributed by atoms with Crippen molar-refractivity contribution in [3.05, 3.63) is 47.3 Å². The van der Waals surface area contributed by atoms with E-state index in [1.165, 1.54) is 0 Å². The number of esters is 1. The lowest BCUT2D eigenvalue weighted by molar-refractivity contribution is -0.151. The zero-order chi connectivity index (χ0) is 23.4. The summed E-state index contributed by atoms with van der Waals surface area (Å²) in [5, 5.41) is 16.2. The van der Waals surface area contributed by atoms with Crippen LogP contribution in [0.3, 0.4) is 0 Å². The largest absolute Gasteiger partial charge is 0.508 e. The Bertz CT molecular complexity index is 998. The number of piperidine rings is 1. The van der Waals surface area contributed by atoms with Crippen molar-refractivity contribution in [3.8, 4) is 5.75 Å². The molecular weight excluding hydrogens is 426 g/mol. The molecule has 33 heavy (non-hydrogen) atoms. The number of nitrogens with zero attached hydrogens (tertiary/aromatic N) is 2. The molecule has 176 valence electrons.